The third kappa shape index (κ3) is 2.52. The van der Waals surface area contributed by atoms with Crippen LogP contribution >= 0.6 is 34.8 Å². The van der Waals surface area contributed by atoms with Crippen LogP contribution in [0.2, 0.25) is 10.0 Å². The fraction of sp³-hybridized carbons (Fsp3) is 0.286. The molecule has 0 bridgehead atoms. The maximum Gasteiger partial charge on any atom is 0.138 e. The summed E-state index contributed by atoms with van der Waals surface area (Å²) in [7, 11) is 0. The first-order valence-electron chi connectivity index (χ1n) is 6.33. The van der Waals surface area contributed by atoms with Crippen LogP contribution in [0.4, 0.5) is 0 Å². The molecule has 0 aliphatic heterocycles. The van der Waals surface area contributed by atoms with Gasteiger partial charge in [-0.1, -0.05) is 28.4 Å². The van der Waals surface area contributed by atoms with Gasteiger partial charge in [-0.15, -0.1) is 11.6 Å². The Hall–Kier alpha value is -1.23. The van der Waals surface area contributed by atoms with E-state index in [0.29, 0.717) is 22.5 Å². The molecule has 0 amide bonds. The quantitative estimate of drug-likeness (QED) is 0.645. The smallest absolute Gasteiger partial charge is 0.138 e. The van der Waals surface area contributed by atoms with Crippen molar-refractivity contribution in [1.29, 1.82) is 0 Å². The van der Waals surface area contributed by atoms with Crippen molar-refractivity contribution in [1.82, 2.24) is 14.7 Å². The summed E-state index contributed by atoms with van der Waals surface area (Å²) in [5.74, 6) is 1.84. The largest absolute Gasteiger partial charge is 0.361 e. The number of fused-ring (bicyclic) bond motifs is 1. The summed E-state index contributed by atoms with van der Waals surface area (Å²) < 4.78 is 7.22. The molecular formula is C14H12Cl3N3O. The zero-order valence-electron chi connectivity index (χ0n) is 11.5. The zero-order valence-corrected chi connectivity index (χ0v) is 13.7. The lowest BCUT2D eigenvalue weighted by Gasteiger charge is -2.08. The summed E-state index contributed by atoms with van der Waals surface area (Å²) >= 11 is 18.2. The third-order valence-corrected chi connectivity index (χ3v) is 4.45. The summed E-state index contributed by atoms with van der Waals surface area (Å²) in [6, 6.07) is 3.56. The van der Waals surface area contributed by atoms with Crippen LogP contribution in [0.1, 0.15) is 22.8 Å². The molecule has 2 heterocycles. The summed E-state index contributed by atoms with van der Waals surface area (Å²) in [6.45, 7) is 4.38. The van der Waals surface area contributed by atoms with Gasteiger partial charge in [0.05, 0.1) is 39.2 Å². The molecule has 0 fully saturated rings. The Morgan fingerprint density at radius 3 is 2.52 bits per heavy atom. The van der Waals surface area contributed by atoms with E-state index in [4.69, 9.17) is 39.3 Å². The van der Waals surface area contributed by atoms with Crippen molar-refractivity contribution in [2.24, 2.45) is 0 Å². The number of alkyl halides is 1. The second-order valence-electron chi connectivity index (χ2n) is 4.81. The average Bonchev–Trinajstić information content (AvgIpc) is 2.94. The maximum atomic E-state index is 6.12. The summed E-state index contributed by atoms with van der Waals surface area (Å²) in [4.78, 5) is 4.51. The molecule has 3 rings (SSSR count). The number of imidazole rings is 1. The molecule has 0 saturated heterocycles. The first-order chi connectivity index (χ1) is 10.0. The minimum atomic E-state index is 0.299. The van der Waals surface area contributed by atoms with Gasteiger partial charge in [-0.25, -0.2) is 4.98 Å². The first kappa shape index (κ1) is 14.7. The van der Waals surface area contributed by atoms with Crippen LogP contribution in [0.15, 0.2) is 16.7 Å². The maximum absolute atomic E-state index is 6.12. The monoisotopic (exact) mass is 343 g/mol. The van der Waals surface area contributed by atoms with Gasteiger partial charge in [-0.2, -0.15) is 0 Å². The Labute approximate surface area is 136 Å². The van der Waals surface area contributed by atoms with Crippen LogP contribution in [0, 0.1) is 13.8 Å². The summed E-state index contributed by atoms with van der Waals surface area (Å²) in [5, 5.41) is 4.94. The average molecular weight is 345 g/mol. The Morgan fingerprint density at radius 2 is 1.90 bits per heavy atom. The normalized spacial score (nSPS) is 11.5. The van der Waals surface area contributed by atoms with Crippen molar-refractivity contribution < 1.29 is 4.52 Å². The van der Waals surface area contributed by atoms with Gasteiger partial charge < -0.3 is 9.09 Å². The molecular weight excluding hydrogens is 333 g/mol. The number of benzene rings is 1. The van der Waals surface area contributed by atoms with Gasteiger partial charge in [0, 0.05) is 5.56 Å². The predicted molar refractivity (Wildman–Crippen MR) is 84.4 cm³/mol. The molecule has 7 heteroatoms. The van der Waals surface area contributed by atoms with Crippen LogP contribution < -0.4 is 0 Å². The molecule has 0 radical (unpaired) electrons. The number of nitrogens with zero attached hydrogens (tertiary/aromatic N) is 3. The number of aryl methyl sites for hydroxylation is 2. The lowest BCUT2D eigenvalue weighted by molar-refractivity contribution is 0.392. The molecule has 0 spiro atoms. The Bertz CT molecular complexity index is 803. The molecule has 0 atom stereocenters. The molecule has 2 aromatic heterocycles. The van der Waals surface area contributed by atoms with Crippen molar-refractivity contribution in [3.63, 3.8) is 0 Å². The molecule has 3 aromatic rings. The van der Waals surface area contributed by atoms with Gasteiger partial charge in [-0.3, -0.25) is 0 Å². The standard InChI is InChI=1S/C14H12Cl3N3O/c1-7-9(8(2)21-19-7)6-20-13-4-11(17)10(16)3-12(13)18-14(20)5-15/h3-4H,5-6H2,1-2H3. The van der Waals surface area contributed by atoms with Crippen LogP contribution in [0.25, 0.3) is 11.0 Å². The van der Waals surface area contributed by atoms with Crippen molar-refractivity contribution in [3.05, 3.63) is 45.0 Å². The van der Waals surface area contributed by atoms with E-state index in [2.05, 4.69) is 10.1 Å². The highest BCUT2D eigenvalue weighted by Gasteiger charge is 2.16. The van der Waals surface area contributed by atoms with Crippen molar-refractivity contribution >= 4 is 45.8 Å². The van der Waals surface area contributed by atoms with Crippen molar-refractivity contribution in [2.45, 2.75) is 26.3 Å². The number of rotatable bonds is 3. The SMILES string of the molecule is Cc1noc(C)c1Cn1c(CCl)nc2cc(Cl)c(Cl)cc21. The molecule has 1 aromatic carbocycles. The Kier molecular flexibility index (Phi) is 3.86. The van der Waals surface area contributed by atoms with Gasteiger partial charge in [0.15, 0.2) is 0 Å². The van der Waals surface area contributed by atoms with Gasteiger partial charge in [0.2, 0.25) is 0 Å². The van der Waals surface area contributed by atoms with Crippen molar-refractivity contribution in [2.75, 3.05) is 0 Å². The highest BCUT2D eigenvalue weighted by Crippen LogP contribution is 2.29. The van der Waals surface area contributed by atoms with E-state index in [1.165, 1.54) is 0 Å². The predicted octanol–water partition coefficient (Wildman–Crippen LogP) is 4.74. The van der Waals surface area contributed by atoms with E-state index in [0.717, 1.165) is 33.9 Å². The Balaban J connectivity index is 2.18. The lowest BCUT2D eigenvalue weighted by atomic mass is 10.2. The van der Waals surface area contributed by atoms with E-state index in [9.17, 15) is 0 Å². The van der Waals surface area contributed by atoms with E-state index < -0.39 is 0 Å². The second-order valence-corrected chi connectivity index (χ2v) is 5.89. The molecule has 0 aliphatic rings. The molecule has 0 saturated carbocycles. The van der Waals surface area contributed by atoms with Crippen molar-refractivity contribution in [3.8, 4) is 0 Å². The molecule has 0 aliphatic carbocycles. The Morgan fingerprint density at radius 1 is 1.19 bits per heavy atom. The van der Waals surface area contributed by atoms with Crippen LogP contribution in [-0.4, -0.2) is 14.7 Å². The van der Waals surface area contributed by atoms with E-state index in [1.54, 1.807) is 12.1 Å². The van der Waals surface area contributed by atoms with Gasteiger partial charge >= 0.3 is 0 Å². The highest BCUT2D eigenvalue weighted by atomic mass is 35.5. The second kappa shape index (κ2) is 5.52. The van der Waals surface area contributed by atoms with Crippen LogP contribution in [0.3, 0.4) is 0 Å². The lowest BCUT2D eigenvalue weighted by Crippen LogP contribution is -2.05. The van der Waals surface area contributed by atoms with Gasteiger partial charge in [-0.05, 0) is 26.0 Å². The minimum Gasteiger partial charge on any atom is -0.361 e. The molecule has 0 unspecified atom stereocenters. The number of hydrogen-bond acceptors (Lipinski definition) is 3. The molecule has 110 valence electrons. The van der Waals surface area contributed by atoms with Crippen LogP contribution in [-0.2, 0) is 12.4 Å². The fourth-order valence-corrected chi connectivity index (χ4v) is 2.85. The first-order valence-corrected chi connectivity index (χ1v) is 7.62. The molecule has 0 N–H and O–H groups in total. The topological polar surface area (TPSA) is 43.9 Å². The summed E-state index contributed by atoms with van der Waals surface area (Å²) in [5.41, 5.74) is 3.54. The highest BCUT2D eigenvalue weighted by molar-refractivity contribution is 6.42. The van der Waals surface area contributed by atoms with Gasteiger partial charge in [0.25, 0.3) is 0 Å². The minimum absolute atomic E-state index is 0.299. The van der Waals surface area contributed by atoms with Gasteiger partial charge in [0.1, 0.15) is 11.6 Å². The van der Waals surface area contributed by atoms with E-state index in [-0.39, 0.29) is 0 Å². The molecule has 4 nitrogen and oxygen atoms in total. The van der Waals surface area contributed by atoms with E-state index in [1.807, 2.05) is 18.4 Å². The zero-order chi connectivity index (χ0) is 15.1. The summed E-state index contributed by atoms with van der Waals surface area (Å²) in [6.07, 6.45) is 0. The number of halogens is 3. The third-order valence-electron chi connectivity index (χ3n) is 3.49. The molecule has 21 heavy (non-hydrogen) atoms. The van der Waals surface area contributed by atoms with Crippen LogP contribution in [0.5, 0.6) is 0 Å². The van der Waals surface area contributed by atoms with E-state index >= 15 is 0 Å². The number of aromatic nitrogens is 3. The fourth-order valence-electron chi connectivity index (χ4n) is 2.33. The number of hydrogen-bond donors (Lipinski definition) is 0.